The van der Waals surface area contributed by atoms with Crippen LogP contribution in [0.5, 0.6) is 0 Å². The molecule has 0 aliphatic rings. The molecule has 1 unspecified atom stereocenters. The van der Waals surface area contributed by atoms with Crippen LogP contribution in [0.3, 0.4) is 0 Å². The number of amides is 2. The number of carbonyl (C=O) groups excluding carboxylic acids is 4. The average Bonchev–Trinajstić information content (AvgIpc) is 2.52. The summed E-state index contributed by atoms with van der Waals surface area (Å²) in [6.07, 6.45) is 6.92. The van der Waals surface area contributed by atoms with E-state index in [1.165, 1.54) is 6.42 Å². The zero-order valence-corrected chi connectivity index (χ0v) is 12.8. The first-order chi connectivity index (χ1) is 10.7. The van der Waals surface area contributed by atoms with Crippen LogP contribution < -0.4 is 11.0 Å². The first-order valence-electron chi connectivity index (χ1n) is 7.44. The van der Waals surface area contributed by atoms with Gasteiger partial charge in [-0.15, -0.1) is 0 Å². The largest absolute Gasteiger partial charge is 0.341 e. The minimum absolute atomic E-state index is 0.215. The molecule has 0 radical (unpaired) electrons. The minimum Gasteiger partial charge on any atom is -0.341 e. The van der Waals surface area contributed by atoms with E-state index in [0.29, 0.717) is 6.42 Å². The van der Waals surface area contributed by atoms with Crippen molar-refractivity contribution in [3.05, 3.63) is 0 Å². The minimum atomic E-state index is -0.744. The van der Waals surface area contributed by atoms with Crippen LogP contribution in [0.1, 0.15) is 58.3 Å². The van der Waals surface area contributed by atoms with Crippen molar-refractivity contribution in [3.8, 4) is 0 Å². The summed E-state index contributed by atoms with van der Waals surface area (Å²) >= 11 is 0. The fraction of sp³-hybridized carbons (Fsp3) is 0.714. The van der Waals surface area contributed by atoms with E-state index in [2.05, 4.69) is 16.6 Å². The van der Waals surface area contributed by atoms with E-state index in [-0.39, 0.29) is 19.2 Å². The summed E-state index contributed by atoms with van der Waals surface area (Å²) < 4.78 is 0. The summed E-state index contributed by atoms with van der Waals surface area (Å²) in [4.78, 5) is 52.2. The van der Waals surface area contributed by atoms with E-state index in [9.17, 15) is 19.2 Å². The van der Waals surface area contributed by atoms with E-state index in [0.717, 1.165) is 32.1 Å². The van der Waals surface area contributed by atoms with Crippen LogP contribution in [0.25, 0.3) is 0 Å². The summed E-state index contributed by atoms with van der Waals surface area (Å²) in [5.74, 6) is -2.17. The molecule has 2 amide bonds. The van der Waals surface area contributed by atoms with Gasteiger partial charge in [0.25, 0.3) is 0 Å². The monoisotopic (exact) mass is 316 g/mol. The summed E-state index contributed by atoms with van der Waals surface area (Å²) in [6, 6.07) is 0. The third-order valence-electron chi connectivity index (χ3n) is 3.08. The predicted molar refractivity (Wildman–Crippen MR) is 76.7 cm³/mol. The maximum absolute atomic E-state index is 11.7. The predicted octanol–water partition coefficient (Wildman–Crippen LogP) is 1.15. The van der Waals surface area contributed by atoms with Crippen molar-refractivity contribution in [1.82, 2.24) is 11.0 Å². The van der Waals surface area contributed by atoms with Crippen molar-refractivity contribution in [3.63, 3.8) is 0 Å². The van der Waals surface area contributed by atoms with Gasteiger partial charge < -0.3 is 9.68 Å². The summed E-state index contributed by atoms with van der Waals surface area (Å²) in [7, 11) is 0. The van der Waals surface area contributed by atoms with Gasteiger partial charge in [-0.05, 0) is 6.42 Å². The first-order valence-corrected chi connectivity index (χ1v) is 7.44. The highest BCUT2D eigenvalue weighted by atomic mass is 16.7. The molecule has 0 rings (SSSR count). The molecule has 0 saturated heterocycles. The Labute approximate surface area is 129 Å². The van der Waals surface area contributed by atoms with Gasteiger partial charge >= 0.3 is 11.9 Å². The highest BCUT2D eigenvalue weighted by Gasteiger charge is 2.24. The Balaban J connectivity index is 4.20. The zero-order chi connectivity index (χ0) is 16.6. The van der Waals surface area contributed by atoms with Crippen LogP contribution in [0.15, 0.2) is 0 Å². The van der Waals surface area contributed by atoms with Crippen molar-refractivity contribution in [1.29, 1.82) is 0 Å². The second-order valence-corrected chi connectivity index (χ2v) is 4.82. The van der Waals surface area contributed by atoms with Crippen LogP contribution in [-0.2, 0) is 28.9 Å². The SMILES string of the molecule is CCCCCCCCC(CC(=O)ONC=O)C(=O)ONC=O. The van der Waals surface area contributed by atoms with Gasteiger partial charge in [0.05, 0.1) is 12.3 Å². The molecule has 0 spiro atoms. The van der Waals surface area contributed by atoms with E-state index in [4.69, 9.17) is 0 Å². The standard InChI is InChI=1S/C14H24N2O6/c1-2-3-4-5-6-7-8-12(14(20)22-16-11-18)9-13(19)21-15-10-17/h10-12H,2-9H2,1H3,(H,15,17)(H,16,18). The Hall–Kier alpha value is -2.12. The molecule has 0 aliphatic heterocycles. The summed E-state index contributed by atoms with van der Waals surface area (Å²) in [5, 5.41) is 0. The molecule has 8 nitrogen and oxygen atoms in total. The molecule has 0 bridgehead atoms. The van der Waals surface area contributed by atoms with Crippen molar-refractivity contribution in [2.75, 3.05) is 0 Å². The van der Waals surface area contributed by atoms with Crippen molar-refractivity contribution in [2.24, 2.45) is 5.92 Å². The van der Waals surface area contributed by atoms with Crippen molar-refractivity contribution < 1.29 is 28.9 Å². The lowest BCUT2D eigenvalue weighted by Crippen LogP contribution is -2.28. The molecule has 0 heterocycles. The third kappa shape index (κ3) is 10.6. The van der Waals surface area contributed by atoms with Crippen molar-refractivity contribution in [2.45, 2.75) is 58.3 Å². The molecule has 0 aromatic rings. The van der Waals surface area contributed by atoms with Gasteiger partial charge in [-0.2, -0.15) is 11.0 Å². The van der Waals surface area contributed by atoms with Gasteiger partial charge in [0.1, 0.15) is 0 Å². The Kier molecular flexibility index (Phi) is 12.5. The Morgan fingerprint density at radius 2 is 1.55 bits per heavy atom. The summed E-state index contributed by atoms with van der Waals surface area (Å²) in [5.41, 5.74) is 3.58. The van der Waals surface area contributed by atoms with Crippen LogP contribution >= 0.6 is 0 Å². The highest BCUT2D eigenvalue weighted by molar-refractivity contribution is 5.80. The molecule has 0 aliphatic carbocycles. The highest BCUT2D eigenvalue weighted by Crippen LogP contribution is 2.17. The zero-order valence-electron chi connectivity index (χ0n) is 12.8. The number of carbonyl (C=O) groups is 4. The normalized spacial score (nSPS) is 11.1. The van der Waals surface area contributed by atoms with Crippen LogP contribution in [0.4, 0.5) is 0 Å². The molecule has 22 heavy (non-hydrogen) atoms. The lowest BCUT2D eigenvalue weighted by molar-refractivity contribution is -0.165. The molecule has 0 aromatic heterocycles. The molecule has 0 saturated carbocycles. The van der Waals surface area contributed by atoms with Gasteiger partial charge in [-0.25, -0.2) is 9.59 Å². The smallest absolute Gasteiger partial charge is 0.335 e. The van der Waals surface area contributed by atoms with Crippen molar-refractivity contribution >= 4 is 24.8 Å². The van der Waals surface area contributed by atoms with E-state index >= 15 is 0 Å². The van der Waals surface area contributed by atoms with Crippen LogP contribution in [0, 0.1) is 5.92 Å². The van der Waals surface area contributed by atoms with Crippen LogP contribution in [0.2, 0.25) is 0 Å². The fourth-order valence-electron chi connectivity index (χ4n) is 1.97. The average molecular weight is 316 g/mol. The lowest BCUT2D eigenvalue weighted by atomic mass is 9.97. The fourth-order valence-corrected chi connectivity index (χ4v) is 1.97. The first kappa shape index (κ1) is 19.9. The molecular weight excluding hydrogens is 292 g/mol. The van der Waals surface area contributed by atoms with E-state index < -0.39 is 17.9 Å². The molecule has 0 aromatic carbocycles. The number of hydrogen-bond acceptors (Lipinski definition) is 6. The maximum Gasteiger partial charge on any atom is 0.335 e. The van der Waals surface area contributed by atoms with E-state index in [1.807, 2.05) is 5.48 Å². The Morgan fingerprint density at radius 3 is 2.18 bits per heavy atom. The van der Waals surface area contributed by atoms with E-state index in [1.54, 1.807) is 5.48 Å². The topological polar surface area (TPSA) is 111 Å². The second kappa shape index (κ2) is 13.8. The lowest BCUT2D eigenvalue weighted by Gasteiger charge is -2.13. The number of unbranched alkanes of at least 4 members (excludes halogenated alkanes) is 5. The van der Waals surface area contributed by atoms with Gasteiger partial charge in [0, 0.05) is 0 Å². The Bertz CT molecular complexity index is 348. The van der Waals surface area contributed by atoms with Gasteiger partial charge in [0.2, 0.25) is 12.8 Å². The molecule has 0 fully saturated rings. The number of hydrogen-bond donors (Lipinski definition) is 2. The van der Waals surface area contributed by atoms with Gasteiger partial charge in [-0.3, -0.25) is 9.59 Å². The maximum atomic E-state index is 11.7. The molecule has 8 heteroatoms. The third-order valence-corrected chi connectivity index (χ3v) is 3.08. The Morgan fingerprint density at radius 1 is 0.955 bits per heavy atom. The number of hydroxylamine groups is 2. The number of nitrogens with one attached hydrogen (secondary N) is 2. The summed E-state index contributed by atoms with van der Waals surface area (Å²) in [6.45, 7) is 2.13. The van der Waals surface area contributed by atoms with Gasteiger partial charge in [-0.1, -0.05) is 45.4 Å². The van der Waals surface area contributed by atoms with Crippen LogP contribution in [-0.4, -0.2) is 24.8 Å². The number of rotatable bonds is 14. The molecular formula is C14H24N2O6. The van der Waals surface area contributed by atoms with Gasteiger partial charge in [0.15, 0.2) is 0 Å². The molecule has 126 valence electrons. The molecule has 1 atom stereocenters. The molecule has 2 N–H and O–H groups in total. The second-order valence-electron chi connectivity index (χ2n) is 4.82. The quantitative estimate of drug-likeness (QED) is 0.282.